The molecule has 0 fully saturated rings. The molecule has 0 unspecified atom stereocenters. The van der Waals surface area contributed by atoms with Gasteiger partial charge in [-0.3, -0.25) is 0 Å². The van der Waals surface area contributed by atoms with Gasteiger partial charge in [0, 0.05) is 21.2 Å². The molecule has 0 aliphatic carbocycles. The molecular weight excluding hydrogens is 442 g/mol. The first-order chi connectivity index (χ1) is 16.1. The first-order valence-electron chi connectivity index (χ1n) is 11.5. The van der Waals surface area contributed by atoms with Crippen molar-refractivity contribution < 1.29 is 9.13 Å². The lowest BCUT2D eigenvalue weighted by Gasteiger charge is -2.35. The summed E-state index contributed by atoms with van der Waals surface area (Å²) in [5.74, 6) is 0. The van der Waals surface area contributed by atoms with Crippen LogP contribution >= 0.6 is 14.3 Å². The summed E-state index contributed by atoms with van der Waals surface area (Å²) in [7, 11) is -6.56. The van der Waals surface area contributed by atoms with Crippen molar-refractivity contribution in [3.8, 4) is 0 Å². The van der Waals surface area contributed by atoms with Crippen LogP contribution in [0, 0.1) is 0 Å². The smallest absolute Gasteiger partial charge is 0.153 e. The SMILES string of the molecule is CCCCC(P(=O)(c1ccccc1)c1ccccc1)P(=O)(c1ccccc1)c1ccccc1. The molecule has 0 saturated carbocycles. The summed E-state index contributed by atoms with van der Waals surface area (Å²) in [5, 5.41) is 2.54. The van der Waals surface area contributed by atoms with E-state index in [1.807, 2.05) is 121 Å². The van der Waals surface area contributed by atoms with Gasteiger partial charge in [0.15, 0.2) is 14.3 Å². The predicted molar refractivity (Wildman–Crippen MR) is 143 cm³/mol. The summed E-state index contributed by atoms with van der Waals surface area (Å²) in [4.78, 5) is 0. The topological polar surface area (TPSA) is 34.1 Å². The van der Waals surface area contributed by atoms with Crippen LogP contribution in [-0.4, -0.2) is 5.40 Å². The van der Waals surface area contributed by atoms with Crippen LogP contribution in [-0.2, 0) is 9.13 Å². The number of benzene rings is 4. The first-order valence-corrected chi connectivity index (χ1v) is 15.1. The fourth-order valence-corrected chi connectivity index (χ4v) is 13.5. The van der Waals surface area contributed by atoms with E-state index >= 15 is 9.13 Å². The minimum atomic E-state index is -3.28. The maximum atomic E-state index is 15.4. The molecule has 0 bridgehead atoms. The molecule has 4 heteroatoms. The Balaban J connectivity index is 2.06. The van der Waals surface area contributed by atoms with Crippen LogP contribution in [0.25, 0.3) is 0 Å². The molecule has 0 aromatic heterocycles. The van der Waals surface area contributed by atoms with Crippen LogP contribution in [0.3, 0.4) is 0 Å². The lowest BCUT2D eigenvalue weighted by molar-refractivity contribution is 0.566. The van der Waals surface area contributed by atoms with Gasteiger partial charge in [-0.25, -0.2) is 0 Å². The van der Waals surface area contributed by atoms with Crippen molar-refractivity contribution in [1.82, 2.24) is 0 Å². The third-order valence-corrected chi connectivity index (χ3v) is 14.6. The summed E-state index contributed by atoms with van der Waals surface area (Å²) in [6.45, 7) is 2.13. The molecule has 0 spiro atoms. The van der Waals surface area contributed by atoms with Crippen molar-refractivity contribution in [2.75, 3.05) is 0 Å². The molecule has 4 aromatic carbocycles. The highest BCUT2D eigenvalue weighted by atomic mass is 31.2. The van der Waals surface area contributed by atoms with Gasteiger partial charge in [-0.1, -0.05) is 141 Å². The lowest BCUT2D eigenvalue weighted by Crippen LogP contribution is -2.33. The average molecular weight is 473 g/mol. The van der Waals surface area contributed by atoms with Gasteiger partial charge in [-0.05, 0) is 6.42 Å². The summed E-state index contributed by atoms with van der Waals surface area (Å²) < 4.78 is 30.9. The zero-order valence-corrected chi connectivity index (χ0v) is 20.7. The molecule has 4 aromatic rings. The molecule has 0 aliphatic heterocycles. The van der Waals surface area contributed by atoms with Gasteiger partial charge in [0.05, 0.1) is 5.40 Å². The zero-order chi connectivity index (χ0) is 23.2. The minimum absolute atomic E-state index is 0.528. The van der Waals surface area contributed by atoms with Crippen molar-refractivity contribution in [3.63, 3.8) is 0 Å². The van der Waals surface area contributed by atoms with Crippen molar-refractivity contribution in [2.45, 2.75) is 31.6 Å². The van der Waals surface area contributed by atoms with E-state index in [4.69, 9.17) is 0 Å². The van der Waals surface area contributed by atoms with E-state index in [0.717, 1.165) is 34.1 Å². The molecule has 168 valence electrons. The largest absolute Gasteiger partial charge is 0.313 e. The summed E-state index contributed by atoms with van der Waals surface area (Å²) in [6.07, 6.45) is 2.43. The normalized spacial score (nSPS) is 12.1. The summed E-state index contributed by atoms with van der Waals surface area (Å²) >= 11 is 0. The Hall–Kier alpha value is -2.66. The number of hydrogen-bond donors (Lipinski definition) is 0. The Morgan fingerprint density at radius 1 is 0.515 bits per heavy atom. The van der Waals surface area contributed by atoms with Crippen LogP contribution in [0.1, 0.15) is 26.2 Å². The maximum absolute atomic E-state index is 15.4. The van der Waals surface area contributed by atoms with E-state index in [-0.39, 0.29) is 0 Å². The summed E-state index contributed by atoms with van der Waals surface area (Å²) in [5.41, 5.74) is 0. The van der Waals surface area contributed by atoms with Crippen molar-refractivity contribution in [3.05, 3.63) is 121 Å². The standard InChI is InChI=1S/C29H30O2P2/c1-2-3-24-29(32(30,25-16-8-4-9-17-25)26-18-10-5-11-19-26)33(31,27-20-12-6-13-21-27)28-22-14-7-15-23-28/h4-23,29H,2-3,24H2,1H3. The molecule has 0 amide bonds. The van der Waals surface area contributed by atoms with E-state index < -0.39 is 19.7 Å². The quantitative estimate of drug-likeness (QED) is 0.260. The molecule has 33 heavy (non-hydrogen) atoms. The monoisotopic (exact) mass is 472 g/mol. The zero-order valence-electron chi connectivity index (χ0n) is 19.0. The Morgan fingerprint density at radius 3 is 1.03 bits per heavy atom. The van der Waals surface area contributed by atoms with Crippen molar-refractivity contribution in [2.24, 2.45) is 0 Å². The minimum Gasteiger partial charge on any atom is -0.313 e. The van der Waals surface area contributed by atoms with Crippen LogP contribution in [0.2, 0.25) is 0 Å². The van der Waals surface area contributed by atoms with Gasteiger partial charge in [0.2, 0.25) is 0 Å². The van der Waals surface area contributed by atoms with Crippen LogP contribution in [0.15, 0.2) is 121 Å². The molecule has 0 aliphatic rings. The Labute approximate surface area is 197 Å². The van der Waals surface area contributed by atoms with Crippen LogP contribution in [0.4, 0.5) is 0 Å². The third kappa shape index (κ3) is 4.56. The molecule has 0 heterocycles. The highest BCUT2D eigenvalue weighted by Crippen LogP contribution is 2.67. The molecule has 0 radical (unpaired) electrons. The second-order valence-electron chi connectivity index (χ2n) is 8.28. The summed E-state index contributed by atoms with van der Waals surface area (Å²) in [6, 6.07) is 38.7. The lowest BCUT2D eigenvalue weighted by atomic mass is 10.3. The number of rotatable bonds is 9. The van der Waals surface area contributed by atoms with E-state index in [9.17, 15) is 0 Å². The second kappa shape index (κ2) is 10.5. The molecular formula is C29H30O2P2. The fraction of sp³-hybridized carbons (Fsp3) is 0.172. The fourth-order valence-electron chi connectivity index (χ4n) is 4.56. The van der Waals surface area contributed by atoms with Crippen molar-refractivity contribution in [1.29, 1.82) is 0 Å². The van der Waals surface area contributed by atoms with E-state index in [1.54, 1.807) is 0 Å². The maximum Gasteiger partial charge on any atom is 0.153 e. The molecule has 4 rings (SSSR count). The Bertz CT molecular complexity index is 1060. The Morgan fingerprint density at radius 2 is 0.788 bits per heavy atom. The van der Waals surface area contributed by atoms with Gasteiger partial charge in [-0.15, -0.1) is 0 Å². The van der Waals surface area contributed by atoms with E-state index in [2.05, 4.69) is 6.92 Å². The average Bonchev–Trinajstić information content (AvgIpc) is 2.90. The van der Waals surface area contributed by atoms with Gasteiger partial charge in [0.25, 0.3) is 0 Å². The predicted octanol–water partition coefficient (Wildman–Crippen LogP) is 6.53. The van der Waals surface area contributed by atoms with E-state index in [1.165, 1.54) is 0 Å². The third-order valence-electron chi connectivity index (χ3n) is 6.21. The van der Waals surface area contributed by atoms with Crippen LogP contribution in [0.5, 0.6) is 0 Å². The second-order valence-corrected chi connectivity index (χ2v) is 14.6. The Kier molecular flexibility index (Phi) is 7.49. The van der Waals surface area contributed by atoms with Crippen molar-refractivity contribution >= 4 is 35.5 Å². The molecule has 0 N–H and O–H groups in total. The highest BCUT2D eigenvalue weighted by molar-refractivity contribution is 7.95. The van der Waals surface area contributed by atoms with E-state index in [0.29, 0.717) is 6.42 Å². The molecule has 0 atom stereocenters. The first kappa shape index (κ1) is 23.5. The van der Waals surface area contributed by atoms with Gasteiger partial charge < -0.3 is 9.13 Å². The number of hydrogen-bond acceptors (Lipinski definition) is 2. The van der Waals surface area contributed by atoms with Gasteiger partial charge >= 0.3 is 0 Å². The van der Waals surface area contributed by atoms with Gasteiger partial charge in [-0.2, -0.15) is 0 Å². The molecule has 0 saturated heterocycles. The number of unbranched alkanes of at least 4 members (excludes halogenated alkanes) is 1. The molecule has 2 nitrogen and oxygen atoms in total. The highest BCUT2D eigenvalue weighted by Gasteiger charge is 2.48. The van der Waals surface area contributed by atoms with Crippen LogP contribution < -0.4 is 21.2 Å². The van der Waals surface area contributed by atoms with Gasteiger partial charge in [0.1, 0.15) is 0 Å².